The van der Waals surface area contributed by atoms with Crippen LogP contribution in [0.4, 0.5) is 5.13 Å². The molecule has 1 aliphatic rings. The first kappa shape index (κ1) is 18.6. The van der Waals surface area contributed by atoms with E-state index >= 15 is 0 Å². The largest absolute Gasteiger partial charge is 0.494 e. The molecule has 1 fully saturated rings. The maximum absolute atomic E-state index is 12.9. The number of nitrogens with one attached hydrogen (secondary N) is 1. The van der Waals surface area contributed by atoms with Gasteiger partial charge in [-0.05, 0) is 31.0 Å². The number of nitrogens with zero attached hydrogens (tertiary/aromatic N) is 4. The number of methoxy groups -OCH3 is 1. The Morgan fingerprint density at radius 3 is 3.00 bits per heavy atom. The van der Waals surface area contributed by atoms with E-state index < -0.39 is 6.10 Å². The zero-order valence-electron chi connectivity index (χ0n) is 15.7. The van der Waals surface area contributed by atoms with Gasteiger partial charge in [-0.25, -0.2) is 4.68 Å². The van der Waals surface area contributed by atoms with Crippen molar-refractivity contribution in [1.82, 2.24) is 20.0 Å². The highest BCUT2D eigenvalue weighted by atomic mass is 32.1. The predicted octanol–water partition coefficient (Wildman–Crippen LogP) is 3.01. The molecule has 9 heteroatoms. The van der Waals surface area contributed by atoms with Crippen molar-refractivity contribution >= 4 is 22.4 Å². The van der Waals surface area contributed by atoms with E-state index in [1.807, 2.05) is 37.3 Å². The highest BCUT2D eigenvalue weighted by Gasteiger charge is 2.38. The van der Waals surface area contributed by atoms with Gasteiger partial charge in [-0.2, -0.15) is 5.10 Å². The van der Waals surface area contributed by atoms with E-state index in [-0.39, 0.29) is 11.8 Å². The average molecular weight is 399 g/mol. The quantitative estimate of drug-likeness (QED) is 0.685. The minimum absolute atomic E-state index is 0.117. The van der Waals surface area contributed by atoms with E-state index in [1.165, 1.54) is 11.3 Å². The van der Waals surface area contributed by atoms with Gasteiger partial charge in [0.1, 0.15) is 22.5 Å². The first-order chi connectivity index (χ1) is 13.7. The molecule has 1 amide bonds. The van der Waals surface area contributed by atoms with E-state index in [0.717, 1.165) is 22.8 Å². The van der Waals surface area contributed by atoms with Crippen LogP contribution in [0.25, 0.3) is 5.69 Å². The Bertz CT molecular complexity index is 970. The van der Waals surface area contributed by atoms with Crippen molar-refractivity contribution in [3.8, 4) is 11.4 Å². The second-order valence-corrected chi connectivity index (χ2v) is 7.43. The fourth-order valence-corrected chi connectivity index (χ4v) is 4.01. The Balaban J connectivity index is 1.59. The lowest BCUT2D eigenvalue weighted by atomic mass is 9.98. The van der Waals surface area contributed by atoms with Crippen LogP contribution in [0.2, 0.25) is 0 Å². The SMILES string of the molecule is CCc1nnc(NC(=O)[C@H]2CCO[C@@H]2c2ccnn2-c2ccccc2OC)s1. The van der Waals surface area contributed by atoms with Gasteiger partial charge in [-0.15, -0.1) is 10.2 Å². The molecule has 146 valence electrons. The van der Waals surface area contributed by atoms with Gasteiger partial charge in [0.15, 0.2) is 0 Å². The standard InChI is InChI=1S/C19H21N5O3S/c1-3-16-22-23-19(28-16)21-18(25)12-9-11-27-17(12)14-8-10-20-24(14)13-6-4-5-7-15(13)26-2/h4-8,10,12,17H,3,9,11H2,1-2H3,(H,21,23,25)/t12-,17-/m0/s1. The molecule has 8 nitrogen and oxygen atoms in total. The Kier molecular flexibility index (Phi) is 5.36. The zero-order valence-corrected chi connectivity index (χ0v) is 16.5. The highest BCUT2D eigenvalue weighted by Crippen LogP contribution is 2.37. The molecule has 0 spiro atoms. The van der Waals surface area contributed by atoms with Crippen LogP contribution >= 0.6 is 11.3 Å². The van der Waals surface area contributed by atoms with Crippen molar-refractivity contribution in [1.29, 1.82) is 0 Å². The molecule has 0 saturated carbocycles. The van der Waals surface area contributed by atoms with E-state index in [0.29, 0.717) is 23.9 Å². The fourth-order valence-electron chi connectivity index (χ4n) is 3.33. The Hall–Kier alpha value is -2.78. The van der Waals surface area contributed by atoms with Gasteiger partial charge in [0.2, 0.25) is 11.0 Å². The molecule has 1 aromatic carbocycles. The maximum atomic E-state index is 12.9. The third-order valence-corrected chi connectivity index (χ3v) is 5.69. The Morgan fingerprint density at radius 1 is 1.36 bits per heavy atom. The molecule has 1 aliphatic heterocycles. The monoisotopic (exact) mass is 399 g/mol. The summed E-state index contributed by atoms with van der Waals surface area (Å²) in [6, 6.07) is 9.50. The molecule has 0 radical (unpaired) electrons. The molecular formula is C19H21N5O3S. The first-order valence-electron chi connectivity index (χ1n) is 9.13. The van der Waals surface area contributed by atoms with Crippen molar-refractivity contribution in [3.63, 3.8) is 0 Å². The van der Waals surface area contributed by atoms with Crippen LogP contribution < -0.4 is 10.1 Å². The summed E-state index contributed by atoms with van der Waals surface area (Å²) in [5.41, 5.74) is 1.62. The van der Waals surface area contributed by atoms with Crippen LogP contribution in [0.5, 0.6) is 5.75 Å². The third kappa shape index (κ3) is 3.50. The average Bonchev–Trinajstić information content (AvgIpc) is 3.47. The number of benzene rings is 1. The molecule has 0 aliphatic carbocycles. The Labute approximate surface area is 166 Å². The summed E-state index contributed by atoms with van der Waals surface area (Å²) in [6.45, 7) is 2.52. The minimum Gasteiger partial charge on any atom is -0.494 e. The molecule has 0 unspecified atom stereocenters. The van der Waals surface area contributed by atoms with E-state index in [4.69, 9.17) is 9.47 Å². The summed E-state index contributed by atoms with van der Waals surface area (Å²) in [7, 11) is 1.62. The van der Waals surface area contributed by atoms with Gasteiger partial charge in [0.05, 0.1) is 18.7 Å². The topological polar surface area (TPSA) is 91.2 Å². The van der Waals surface area contributed by atoms with Crippen molar-refractivity contribution < 1.29 is 14.3 Å². The summed E-state index contributed by atoms with van der Waals surface area (Å²) in [5.74, 6) is 0.251. The van der Waals surface area contributed by atoms with Crippen LogP contribution in [-0.4, -0.2) is 39.6 Å². The lowest BCUT2D eigenvalue weighted by molar-refractivity contribution is -0.121. The van der Waals surface area contributed by atoms with E-state index in [1.54, 1.807) is 18.0 Å². The molecule has 4 rings (SSSR count). The van der Waals surface area contributed by atoms with E-state index in [2.05, 4.69) is 20.6 Å². The smallest absolute Gasteiger partial charge is 0.232 e. The van der Waals surface area contributed by atoms with Crippen LogP contribution in [0.15, 0.2) is 36.5 Å². The van der Waals surface area contributed by atoms with Gasteiger partial charge in [0, 0.05) is 12.8 Å². The number of hydrogen-bond donors (Lipinski definition) is 1. The molecule has 2 aromatic heterocycles. The number of hydrogen-bond acceptors (Lipinski definition) is 7. The number of para-hydroxylation sites is 2. The van der Waals surface area contributed by atoms with Crippen LogP contribution in [0.3, 0.4) is 0 Å². The van der Waals surface area contributed by atoms with Gasteiger partial charge in [-0.3, -0.25) is 4.79 Å². The second kappa shape index (κ2) is 8.07. The van der Waals surface area contributed by atoms with Crippen LogP contribution in [0.1, 0.15) is 30.2 Å². The number of aromatic nitrogens is 4. The third-order valence-electron chi connectivity index (χ3n) is 4.70. The number of ether oxygens (including phenoxy) is 2. The van der Waals surface area contributed by atoms with E-state index in [9.17, 15) is 4.79 Å². The summed E-state index contributed by atoms with van der Waals surface area (Å²) in [6.07, 6.45) is 2.73. The summed E-state index contributed by atoms with van der Waals surface area (Å²) < 4.78 is 13.2. The van der Waals surface area contributed by atoms with Crippen molar-refractivity contribution in [3.05, 3.63) is 47.2 Å². The summed E-state index contributed by atoms with van der Waals surface area (Å²) >= 11 is 1.39. The lowest BCUT2D eigenvalue weighted by Gasteiger charge is -2.19. The molecule has 2 atom stereocenters. The van der Waals surface area contributed by atoms with Gasteiger partial charge in [0.25, 0.3) is 0 Å². The van der Waals surface area contributed by atoms with Gasteiger partial charge in [-0.1, -0.05) is 30.4 Å². The molecular weight excluding hydrogens is 378 g/mol. The van der Waals surface area contributed by atoms with Crippen molar-refractivity contribution in [2.24, 2.45) is 5.92 Å². The molecule has 3 aromatic rings. The molecule has 28 heavy (non-hydrogen) atoms. The maximum Gasteiger partial charge on any atom is 0.232 e. The molecule has 0 bridgehead atoms. The number of carbonyl (C=O) groups excluding carboxylic acids is 1. The number of anilines is 1. The summed E-state index contributed by atoms with van der Waals surface area (Å²) in [4.78, 5) is 12.9. The highest BCUT2D eigenvalue weighted by molar-refractivity contribution is 7.15. The summed E-state index contributed by atoms with van der Waals surface area (Å²) in [5, 5.41) is 16.8. The molecule has 3 heterocycles. The first-order valence-corrected chi connectivity index (χ1v) is 9.95. The van der Waals surface area contributed by atoms with Gasteiger partial charge >= 0.3 is 0 Å². The van der Waals surface area contributed by atoms with Crippen molar-refractivity contribution in [2.45, 2.75) is 25.9 Å². The molecule has 1 N–H and O–H groups in total. The minimum atomic E-state index is -0.397. The predicted molar refractivity (Wildman–Crippen MR) is 105 cm³/mol. The number of carbonyl (C=O) groups is 1. The number of rotatable bonds is 6. The molecule has 1 saturated heterocycles. The Morgan fingerprint density at radius 2 is 2.21 bits per heavy atom. The fraction of sp³-hybridized carbons (Fsp3) is 0.368. The van der Waals surface area contributed by atoms with Gasteiger partial charge < -0.3 is 14.8 Å². The zero-order chi connectivity index (χ0) is 19.5. The lowest BCUT2D eigenvalue weighted by Crippen LogP contribution is -2.26. The van der Waals surface area contributed by atoms with Crippen molar-refractivity contribution in [2.75, 3.05) is 19.0 Å². The number of amides is 1. The number of aryl methyl sites for hydroxylation is 1. The van der Waals surface area contributed by atoms with Crippen LogP contribution in [0, 0.1) is 5.92 Å². The normalized spacial score (nSPS) is 18.9. The second-order valence-electron chi connectivity index (χ2n) is 6.37. The van der Waals surface area contributed by atoms with Crippen LogP contribution in [-0.2, 0) is 16.0 Å².